The Balaban J connectivity index is 1.30. The fourth-order valence-electron chi connectivity index (χ4n) is 3.85. The van der Waals surface area contributed by atoms with Crippen LogP contribution in [-0.4, -0.2) is 24.0 Å². The maximum atomic E-state index is 12.8. The Morgan fingerprint density at radius 1 is 0.839 bits per heavy atom. The summed E-state index contributed by atoms with van der Waals surface area (Å²) in [7, 11) is 0. The number of thiazole rings is 1. The summed E-state index contributed by atoms with van der Waals surface area (Å²) in [5.41, 5.74) is 5.60. The number of amides is 1. The van der Waals surface area contributed by atoms with Gasteiger partial charge < -0.3 is 10.2 Å². The standard InChI is InChI=1S/C26H23N3OS/c30-25(21-13-11-20(12-14-21)19-7-2-1-3-8-19)27-23-10-6-9-22(17-23)24-18-31-26(28-24)29-15-4-5-16-29/h1-3,6-14,17-18H,4-5,15-16H2,(H,27,30). The number of nitrogens with zero attached hydrogens (tertiary/aromatic N) is 2. The van der Waals surface area contributed by atoms with E-state index in [4.69, 9.17) is 4.98 Å². The molecule has 0 radical (unpaired) electrons. The Labute approximate surface area is 186 Å². The van der Waals surface area contributed by atoms with Crippen molar-refractivity contribution in [1.29, 1.82) is 0 Å². The molecule has 1 fully saturated rings. The number of carbonyl (C=O) groups excluding carboxylic acids is 1. The number of anilines is 2. The summed E-state index contributed by atoms with van der Waals surface area (Å²) in [6, 6.07) is 25.7. The van der Waals surface area contributed by atoms with Gasteiger partial charge >= 0.3 is 0 Å². The molecular weight excluding hydrogens is 402 g/mol. The second-order valence-corrected chi connectivity index (χ2v) is 8.52. The normalized spacial score (nSPS) is 13.4. The van der Waals surface area contributed by atoms with Crippen molar-refractivity contribution in [3.63, 3.8) is 0 Å². The zero-order chi connectivity index (χ0) is 21.0. The van der Waals surface area contributed by atoms with Crippen molar-refractivity contribution < 1.29 is 4.79 Å². The minimum Gasteiger partial charge on any atom is -0.348 e. The summed E-state index contributed by atoms with van der Waals surface area (Å²) < 4.78 is 0. The molecule has 4 nitrogen and oxygen atoms in total. The van der Waals surface area contributed by atoms with E-state index in [1.54, 1.807) is 11.3 Å². The lowest BCUT2D eigenvalue weighted by Gasteiger charge is -2.12. The van der Waals surface area contributed by atoms with Crippen LogP contribution in [0.25, 0.3) is 22.4 Å². The van der Waals surface area contributed by atoms with Gasteiger partial charge in [0.15, 0.2) is 5.13 Å². The van der Waals surface area contributed by atoms with Crippen molar-refractivity contribution >= 4 is 28.1 Å². The molecule has 31 heavy (non-hydrogen) atoms. The van der Waals surface area contributed by atoms with E-state index in [1.165, 1.54) is 12.8 Å². The van der Waals surface area contributed by atoms with Gasteiger partial charge in [-0.2, -0.15) is 0 Å². The van der Waals surface area contributed by atoms with Crippen LogP contribution in [0.2, 0.25) is 0 Å². The minimum absolute atomic E-state index is 0.118. The van der Waals surface area contributed by atoms with Gasteiger partial charge in [0.25, 0.3) is 5.91 Å². The minimum atomic E-state index is -0.118. The molecule has 0 saturated carbocycles. The summed E-state index contributed by atoms with van der Waals surface area (Å²) >= 11 is 1.69. The SMILES string of the molecule is O=C(Nc1cccc(-c2csc(N3CCCC3)n2)c1)c1ccc(-c2ccccc2)cc1. The van der Waals surface area contributed by atoms with E-state index in [2.05, 4.69) is 27.7 Å². The van der Waals surface area contributed by atoms with Gasteiger partial charge in [-0.1, -0.05) is 54.6 Å². The van der Waals surface area contributed by atoms with Crippen LogP contribution in [0.4, 0.5) is 10.8 Å². The smallest absolute Gasteiger partial charge is 0.255 e. The molecule has 0 unspecified atom stereocenters. The molecule has 0 spiro atoms. The van der Waals surface area contributed by atoms with Gasteiger partial charge in [0.05, 0.1) is 5.69 Å². The number of benzene rings is 3. The monoisotopic (exact) mass is 425 g/mol. The second-order valence-electron chi connectivity index (χ2n) is 7.69. The third-order valence-corrected chi connectivity index (χ3v) is 6.44. The van der Waals surface area contributed by atoms with E-state index in [0.717, 1.165) is 46.3 Å². The fraction of sp³-hybridized carbons (Fsp3) is 0.154. The van der Waals surface area contributed by atoms with Gasteiger partial charge in [0.2, 0.25) is 0 Å². The lowest BCUT2D eigenvalue weighted by atomic mass is 10.0. The van der Waals surface area contributed by atoms with Crippen molar-refractivity contribution in [2.24, 2.45) is 0 Å². The maximum absolute atomic E-state index is 12.8. The van der Waals surface area contributed by atoms with Crippen molar-refractivity contribution in [1.82, 2.24) is 4.98 Å². The van der Waals surface area contributed by atoms with Gasteiger partial charge in [-0.05, 0) is 48.2 Å². The molecule has 5 rings (SSSR count). The molecule has 5 heteroatoms. The zero-order valence-electron chi connectivity index (χ0n) is 17.1. The number of aromatic nitrogens is 1. The molecule has 0 atom stereocenters. The molecule has 1 amide bonds. The summed E-state index contributed by atoms with van der Waals surface area (Å²) in [5, 5.41) is 6.19. The lowest BCUT2D eigenvalue weighted by molar-refractivity contribution is 0.102. The first-order valence-electron chi connectivity index (χ1n) is 10.5. The number of hydrogen-bond donors (Lipinski definition) is 1. The highest BCUT2D eigenvalue weighted by molar-refractivity contribution is 7.14. The topological polar surface area (TPSA) is 45.2 Å². The van der Waals surface area contributed by atoms with Crippen LogP contribution >= 0.6 is 11.3 Å². The third-order valence-electron chi connectivity index (χ3n) is 5.54. The molecule has 1 N–H and O–H groups in total. The number of rotatable bonds is 5. The van der Waals surface area contributed by atoms with E-state index in [9.17, 15) is 4.79 Å². The summed E-state index contributed by atoms with van der Waals surface area (Å²) in [6.45, 7) is 2.18. The van der Waals surface area contributed by atoms with Gasteiger partial charge in [0, 0.05) is 35.3 Å². The van der Waals surface area contributed by atoms with Crippen LogP contribution in [0.1, 0.15) is 23.2 Å². The Morgan fingerprint density at radius 2 is 1.55 bits per heavy atom. The number of carbonyl (C=O) groups is 1. The first kappa shape index (κ1) is 19.5. The number of hydrogen-bond acceptors (Lipinski definition) is 4. The van der Waals surface area contributed by atoms with Gasteiger partial charge in [-0.15, -0.1) is 11.3 Å². The highest BCUT2D eigenvalue weighted by Gasteiger charge is 2.16. The van der Waals surface area contributed by atoms with Gasteiger partial charge in [-0.25, -0.2) is 4.98 Å². The average molecular weight is 426 g/mol. The predicted octanol–water partition coefficient (Wildman–Crippen LogP) is 6.33. The largest absolute Gasteiger partial charge is 0.348 e. The van der Waals surface area contributed by atoms with Crippen LogP contribution < -0.4 is 10.2 Å². The summed E-state index contributed by atoms with van der Waals surface area (Å²) in [6.07, 6.45) is 2.48. The van der Waals surface area contributed by atoms with Crippen molar-refractivity contribution in [2.45, 2.75) is 12.8 Å². The van der Waals surface area contributed by atoms with E-state index in [1.807, 2.05) is 66.7 Å². The Bertz CT molecular complexity index is 1180. The molecule has 0 bridgehead atoms. The molecular formula is C26H23N3OS. The molecule has 2 heterocycles. The first-order valence-corrected chi connectivity index (χ1v) is 11.4. The van der Waals surface area contributed by atoms with Crippen LogP contribution in [0.3, 0.4) is 0 Å². The highest BCUT2D eigenvalue weighted by Crippen LogP contribution is 2.30. The van der Waals surface area contributed by atoms with Crippen LogP contribution in [-0.2, 0) is 0 Å². The van der Waals surface area contributed by atoms with Gasteiger partial charge in [0.1, 0.15) is 0 Å². The third kappa shape index (κ3) is 4.37. The molecule has 1 aromatic heterocycles. The molecule has 154 valence electrons. The Hall–Kier alpha value is -3.44. The van der Waals surface area contributed by atoms with E-state index in [0.29, 0.717) is 5.56 Å². The highest BCUT2D eigenvalue weighted by atomic mass is 32.1. The fourth-order valence-corrected chi connectivity index (χ4v) is 4.74. The van der Waals surface area contributed by atoms with Crippen molar-refractivity contribution in [3.8, 4) is 22.4 Å². The van der Waals surface area contributed by atoms with E-state index < -0.39 is 0 Å². The quantitative estimate of drug-likeness (QED) is 0.406. The van der Waals surface area contributed by atoms with Crippen LogP contribution in [0, 0.1) is 0 Å². The first-order chi connectivity index (χ1) is 15.3. The van der Waals surface area contributed by atoms with Crippen LogP contribution in [0.15, 0.2) is 84.2 Å². The van der Waals surface area contributed by atoms with E-state index in [-0.39, 0.29) is 5.91 Å². The van der Waals surface area contributed by atoms with Crippen LogP contribution in [0.5, 0.6) is 0 Å². The molecule has 1 aliphatic rings. The molecule has 1 aliphatic heterocycles. The molecule has 1 saturated heterocycles. The van der Waals surface area contributed by atoms with Crippen molar-refractivity contribution in [2.75, 3.05) is 23.3 Å². The summed E-state index contributed by atoms with van der Waals surface area (Å²) in [4.78, 5) is 19.9. The van der Waals surface area contributed by atoms with E-state index >= 15 is 0 Å². The average Bonchev–Trinajstić information content (AvgIpc) is 3.52. The Morgan fingerprint density at radius 3 is 2.32 bits per heavy atom. The maximum Gasteiger partial charge on any atom is 0.255 e. The molecule has 3 aromatic carbocycles. The van der Waals surface area contributed by atoms with Gasteiger partial charge in [-0.3, -0.25) is 4.79 Å². The molecule has 4 aromatic rings. The lowest BCUT2D eigenvalue weighted by Crippen LogP contribution is -2.17. The Kier molecular flexibility index (Phi) is 5.50. The number of nitrogens with one attached hydrogen (secondary N) is 1. The second kappa shape index (κ2) is 8.74. The molecule has 0 aliphatic carbocycles. The zero-order valence-corrected chi connectivity index (χ0v) is 17.9. The van der Waals surface area contributed by atoms with Crippen molar-refractivity contribution in [3.05, 3.63) is 89.8 Å². The predicted molar refractivity (Wildman–Crippen MR) is 129 cm³/mol. The summed E-state index contributed by atoms with van der Waals surface area (Å²) in [5.74, 6) is -0.118.